The Balaban J connectivity index is 2.94. The molecule has 0 saturated carbocycles. The molecule has 6 heteroatoms. The van der Waals surface area contributed by atoms with Crippen molar-refractivity contribution in [3.05, 3.63) is 28.8 Å². The van der Waals surface area contributed by atoms with Gasteiger partial charge >= 0.3 is 0 Å². The Bertz CT molecular complexity index is 559. The van der Waals surface area contributed by atoms with Gasteiger partial charge in [0.25, 0.3) is 0 Å². The molecule has 0 saturated heterocycles. The van der Waals surface area contributed by atoms with Crippen LogP contribution in [0.4, 0.5) is 0 Å². The smallest absolute Gasteiger partial charge is 0.240 e. The number of hydrogen-bond acceptors (Lipinski definition) is 3. The summed E-state index contributed by atoms with van der Waals surface area (Å²) >= 11 is 6.13. The van der Waals surface area contributed by atoms with Gasteiger partial charge in [0.15, 0.2) is 0 Å². The van der Waals surface area contributed by atoms with Crippen molar-refractivity contribution < 1.29 is 8.42 Å². The highest BCUT2D eigenvalue weighted by atomic mass is 35.5. The Morgan fingerprint density at radius 3 is 2.48 bits per heavy atom. The first-order chi connectivity index (χ1) is 9.76. The molecule has 0 bridgehead atoms. The Morgan fingerprint density at radius 1 is 1.24 bits per heavy atom. The minimum absolute atomic E-state index is 0.0760. The second-order valence-corrected chi connectivity index (χ2v) is 7.72. The summed E-state index contributed by atoms with van der Waals surface area (Å²) < 4.78 is 27.4. The van der Waals surface area contributed by atoms with Crippen LogP contribution in [0.15, 0.2) is 23.1 Å². The van der Waals surface area contributed by atoms with E-state index in [-0.39, 0.29) is 10.9 Å². The van der Waals surface area contributed by atoms with Gasteiger partial charge in [-0.3, -0.25) is 0 Å². The Morgan fingerprint density at radius 2 is 1.90 bits per heavy atom. The number of nitrogens with one attached hydrogen (secondary N) is 2. The van der Waals surface area contributed by atoms with E-state index in [1.165, 1.54) is 0 Å². The molecule has 1 aromatic rings. The molecule has 1 atom stereocenters. The Labute approximate surface area is 133 Å². The largest absolute Gasteiger partial charge is 0.310 e. The summed E-state index contributed by atoms with van der Waals surface area (Å²) in [6.45, 7) is 8.51. The van der Waals surface area contributed by atoms with E-state index in [0.29, 0.717) is 17.6 Å². The maximum Gasteiger partial charge on any atom is 0.240 e. The van der Waals surface area contributed by atoms with Crippen LogP contribution in [0.2, 0.25) is 5.02 Å². The lowest BCUT2D eigenvalue weighted by Gasteiger charge is -2.15. The van der Waals surface area contributed by atoms with Crippen molar-refractivity contribution in [1.29, 1.82) is 0 Å². The van der Waals surface area contributed by atoms with Crippen LogP contribution in [0.1, 0.15) is 46.1 Å². The number of halogens is 1. The zero-order valence-corrected chi connectivity index (χ0v) is 14.7. The lowest BCUT2D eigenvalue weighted by atomic mass is 10.2. The van der Waals surface area contributed by atoms with Crippen LogP contribution in [0, 0.1) is 0 Å². The molecule has 1 unspecified atom stereocenters. The van der Waals surface area contributed by atoms with Gasteiger partial charge in [0.05, 0.1) is 4.90 Å². The van der Waals surface area contributed by atoms with Gasteiger partial charge in [0.1, 0.15) is 0 Å². The highest BCUT2D eigenvalue weighted by molar-refractivity contribution is 7.89. The molecule has 1 aromatic carbocycles. The summed E-state index contributed by atoms with van der Waals surface area (Å²) in [6.07, 6.45) is 1.75. The molecule has 0 aliphatic rings. The van der Waals surface area contributed by atoms with E-state index in [1.54, 1.807) is 18.2 Å². The summed E-state index contributed by atoms with van der Waals surface area (Å²) in [5.41, 5.74) is 0.788. The predicted octanol–water partition coefficient (Wildman–Crippen LogP) is 3.30. The lowest BCUT2D eigenvalue weighted by Crippen LogP contribution is -2.32. The second-order valence-electron chi connectivity index (χ2n) is 5.60. The van der Waals surface area contributed by atoms with Crippen LogP contribution in [0.25, 0.3) is 0 Å². The minimum Gasteiger partial charge on any atom is -0.310 e. The molecule has 0 fully saturated rings. The van der Waals surface area contributed by atoms with Crippen molar-refractivity contribution in [3.8, 4) is 0 Å². The van der Waals surface area contributed by atoms with Crippen LogP contribution < -0.4 is 10.0 Å². The zero-order chi connectivity index (χ0) is 16.0. The summed E-state index contributed by atoms with van der Waals surface area (Å²) in [7, 11) is -3.50. The van der Waals surface area contributed by atoms with Crippen molar-refractivity contribution in [2.45, 2.75) is 64.1 Å². The molecule has 0 aliphatic carbocycles. The van der Waals surface area contributed by atoms with E-state index < -0.39 is 10.0 Å². The van der Waals surface area contributed by atoms with Crippen LogP contribution in [-0.2, 0) is 16.6 Å². The van der Waals surface area contributed by atoms with Crippen LogP contribution in [-0.4, -0.2) is 20.5 Å². The van der Waals surface area contributed by atoms with Crippen molar-refractivity contribution in [2.24, 2.45) is 0 Å². The Kier molecular flexibility index (Phi) is 7.13. The fourth-order valence-corrected chi connectivity index (χ4v) is 3.51. The first kappa shape index (κ1) is 18.4. The Hall–Kier alpha value is -0.620. The number of hydrogen-bond donors (Lipinski definition) is 2. The van der Waals surface area contributed by atoms with Gasteiger partial charge in [-0.05, 0) is 37.1 Å². The predicted molar refractivity (Wildman–Crippen MR) is 88.1 cm³/mol. The van der Waals surface area contributed by atoms with Gasteiger partial charge in [-0.25, -0.2) is 13.1 Å². The molecule has 120 valence electrons. The highest BCUT2D eigenvalue weighted by Crippen LogP contribution is 2.21. The van der Waals surface area contributed by atoms with Crippen molar-refractivity contribution in [3.63, 3.8) is 0 Å². The molecular weight excluding hydrogens is 308 g/mol. The monoisotopic (exact) mass is 332 g/mol. The quantitative estimate of drug-likeness (QED) is 0.768. The fraction of sp³-hybridized carbons (Fsp3) is 0.600. The van der Waals surface area contributed by atoms with Crippen LogP contribution in [0.3, 0.4) is 0 Å². The van der Waals surface area contributed by atoms with E-state index in [9.17, 15) is 8.42 Å². The number of sulfonamides is 1. The van der Waals surface area contributed by atoms with Crippen LogP contribution in [0.5, 0.6) is 0 Å². The summed E-state index contributed by atoms with van der Waals surface area (Å²) in [4.78, 5) is 0.260. The van der Waals surface area contributed by atoms with Gasteiger partial charge in [-0.15, -0.1) is 0 Å². The van der Waals surface area contributed by atoms with E-state index in [4.69, 9.17) is 11.6 Å². The molecule has 2 N–H and O–H groups in total. The molecule has 0 amide bonds. The van der Waals surface area contributed by atoms with Gasteiger partial charge in [-0.2, -0.15) is 0 Å². The van der Waals surface area contributed by atoms with Crippen LogP contribution >= 0.6 is 11.6 Å². The minimum atomic E-state index is -3.50. The summed E-state index contributed by atoms with van der Waals surface area (Å²) in [5.74, 6) is 0. The fourth-order valence-electron chi connectivity index (χ4n) is 1.99. The van der Waals surface area contributed by atoms with Gasteiger partial charge in [-0.1, -0.05) is 38.8 Å². The van der Waals surface area contributed by atoms with E-state index in [1.807, 2.05) is 27.7 Å². The molecule has 0 aliphatic heterocycles. The topological polar surface area (TPSA) is 58.2 Å². The second kappa shape index (κ2) is 8.13. The first-order valence-electron chi connectivity index (χ1n) is 7.30. The van der Waals surface area contributed by atoms with Crippen molar-refractivity contribution >= 4 is 21.6 Å². The van der Waals surface area contributed by atoms with E-state index in [0.717, 1.165) is 18.4 Å². The summed E-state index contributed by atoms with van der Waals surface area (Å²) in [6, 6.07) is 5.05. The molecular formula is C15H25ClN2O2S. The highest BCUT2D eigenvalue weighted by Gasteiger charge is 2.18. The molecule has 0 spiro atoms. The molecule has 0 radical (unpaired) electrons. The van der Waals surface area contributed by atoms with Crippen molar-refractivity contribution in [2.75, 3.05) is 0 Å². The standard InChI is InChI=1S/C15H25ClN2O2S/c1-5-6-12(4)18-21(19,20)14-7-8-15(16)13(9-14)10-17-11(2)3/h7-9,11-12,17-18H,5-6,10H2,1-4H3. The first-order valence-corrected chi connectivity index (χ1v) is 9.16. The SMILES string of the molecule is CCCC(C)NS(=O)(=O)c1ccc(Cl)c(CNC(C)C)c1. The van der Waals surface area contributed by atoms with E-state index >= 15 is 0 Å². The van der Waals surface area contributed by atoms with Gasteiger partial charge < -0.3 is 5.32 Å². The third-order valence-electron chi connectivity index (χ3n) is 3.11. The number of benzene rings is 1. The van der Waals surface area contributed by atoms with Crippen molar-refractivity contribution in [1.82, 2.24) is 10.0 Å². The van der Waals surface area contributed by atoms with E-state index in [2.05, 4.69) is 10.0 Å². The third kappa shape index (κ3) is 5.94. The molecule has 1 rings (SSSR count). The third-order valence-corrected chi connectivity index (χ3v) is 5.06. The average molecular weight is 333 g/mol. The summed E-state index contributed by atoms with van der Waals surface area (Å²) in [5, 5.41) is 3.82. The molecule has 0 heterocycles. The molecule has 21 heavy (non-hydrogen) atoms. The maximum atomic E-state index is 12.3. The van der Waals surface area contributed by atoms with Gasteiger partial charge in [0.2, 0.25) is 10.0 Å². The maximum absolute atomic E-state index is 12.3. The van der Waals surface area contributed by atoms with Gasteiger partial charge in [0, 0.05) is 23.7 Å². The molecule has 4 nitrogen and oxygen atoms in total. The lowest BCUT2D eigenvalue weighted by molar-refractivity contribution is 0.543. The zero-order valence-electron chi connectivity index (χ0n) is 13.1. The number of rotatable bonds is 8. The average Bonchev–Trinajstić information content (AvgIpc) is 2.36. The normalized spacial score (nSPS) is 13.6. The molecule has 0 aromatic heterocycles.